The third kappa shape index (κ3) is 4.32. The Balaban J connectivity index is 1.37. The van der Waals surface area contributed by atoms with Crippen molar-refractivity contribution in [2.45, 2.75) is 32.2 Å². The molecule has 0 fully saturated rings. The van der Waals surface area contributed by atoms with E-state index in [0.29, 0.717) is 29.7 Å². The molecule has 0 unspecified atom stereocenters. The van der Waals surface area contributed by atoms with Crippen molar-refractivity contribution in [3.63, 3.8) is 0 Å². The number of aryl methyl sites for hydroxylation is 1. The first kappa shape index (κ1) is 18.2. The van der Waals surface area contributed by atoms with E-state index >= 15 is 0 Å². The first-order valence-electron chi connectivity index (χ1n) is 8.88. The number of nitrogens with two attached hydrogens (primary N) is 1. The molecule has 0 bridgehead atoms. The minimum atomic E-state index is -0.0278. The molecule has 0 saturated carbocycles. The molecule has 3 rings (SSSR count). The Morgan fingerprint density at radius 3 is 2.54 bits per heavy atom. The number of nitrogen functional groups attached to an aromatic ring is 1. The number of rotatable bonds is 8. The largest absolute Gasteiger partial charge is 0.398 e. The predicted molar refractivity (Wildman–Crippen MR) is 108 cm³/mol. The van der Waals surface area contributed by atoms with Gasteiger partial charge >= 0.3 is 0 Å². The fourth-order valence-electron chi connectivity index (χ4n) is 2.89. The van der Waals surface area contributed by atoms with Crippen LogP contribution >= 0.6 is 11.5 Å². The molecular weight excluding hydrogens is 346 g/mol. The van der Waals surface area contributed by atoms with E-state index in [9.17, 15) is 9.59 Å². The Bertz CT molecular complexity index is 931. The number of unbranched alkanes of at least 4 members (excludes halogenated alkanes) is 3. The van der Waals surface area contributed by atoms with Crippen molar-refractivity contribution >= 4 is 33.2 Å². The zero-order valence-electron chi connectivity index (χ0n) is 14.6. The summed E-state index contributed by atoms with van der Waals surface area (Å²) in [4.78, 5) is 24.2. The standard InChI is InChI=1S/C20H23N3O2S/c21-17-12-8-11-16-18(17)26-23(20(16)25)14-7-2-1-6-13-22-19(24)15-9-4-3-5-10-15/h3-5,8-12H,1-2,6-7,13-14,21H2,(H,22,24). The van der Waals surface area contributed by atoms with Gasteiger partial charge in [-0.15, -0.1) is 0 Å². The lowest BCUT2D eigenvalue weighted by Gasteiger charge is -2.05. The third-order valence-corrected chi connectivity index (χ3v) is 5.52. The lowest BCUT2D eigenvalue weighted by molar-refractivity contribution is 0.0953. The molecule has 0 radical (unpaired) electrons. The van der Waals surface area contributed by atoms with E-state index in [0.717, 1.165) is 30.4 Å². The number of nitrogens with zero attached hydrogens (tertiary/aromatic N) is 1. The fraction of sp³-hybridized carbons (Fsp3) is 0.300. The summed E-state index contributed by atoms with van der Waals surface area (Å²) >= 11 is 1.44. The molecule has 0 aliphatic carbocycles. The van der Waals surface area contributed by atoms with Crippen LogP contribution in [0.15, 0.2) is 53.3 Å². The van der Waals surface area contributed by atoms with Gasteiger partial charge in [0.1, 0.15) is 0 Å². The normalized spacial score (nSPS) is 10.9. The molecule has 0 saturated heterocycles. The van der Waals surface area contributed by atoms with Gasteiger partial charge in [-0.05, 0) is 37.1 Å². The minimum Gasteiger partial charge on any atom is -0.398 e. The maximum atomic E-state index is 12.3. The second-order valence-electron chi connectivity index (χ2n) is 6.26. The smallest absolute Gasteiger partial charge is 0.268 e. The fourth-order valence-corrected chi connectivity index (χ4v) is 3.94. The average Bonchev–Trinajstić information content (AvgIpc) is 2.99. The first-order chi connectivity index (χ1) is 12.7. The number of benzene rings is 2. The summed E-state index contributed by atoms with van der Waals surface area (Å²) in [7, 11) is 0. The summed E-state index contributed by atoms with van der Waals surface area (Å²) in [6.07, 6.45) is 3.93. The molecule has 3 aromatic rings. The molecule has 2 aromatic carbocycles. The van der Waals surface area contributed by atoms with Gasteiger partial charge in [-0.1, -0.05) is 48.6 Å². The zero-order chi connectivity index (χ0) is 18.4. The number of hydrogen-bond acceptors (Lipinski definition) is 4. The van der Waals surface area contributed by atoms with Crippen LogP contribution in [0.2, 0.25) is 0 Å². The highest BCUT2D eigenvalue weighted by Crippen LogP contribution is 2.23. The lowest BCUT2D eigenvalue weighted by atomic mass is 10.2. The molecule has 6 heteroatoms. The Hall–Kier alpha value is -2.60. The van der Waals surface area contributed by atoms with Crippen molar-refractivity contribution < 1.29 is 4.79 Å². The number of carbonyl (C=O) groups is 1. The van der Waals surface area contributed by atoms with Crippen LogP contribution in [0.25, 0.3) is 10.1 Å². The Kier molecular flexibility index (Phi) is 6.07. The molecule has 1 heterocycles. The minimum absolute atomic E-state index is 0.0278. The highest BCUT2D eigenvalue weighted by Gasteiger charge is 2.09. The van der Waals surface area contributed by atoms with Gasteiger partial charge < -0.3 is 11.1 Å². The second kappa shape index (κ2) is 8.67. The maximum Gasteiger partial charge on any atom is 0.268 e. The number of fused-ring (bicyclic) bond motifs is 1. The van der Waals surface area contributed by atoms with Crippen molar-refractivity contribution in [1.29, 1.82) is 0 Å². The molecule has 1 amide bonds. The van der Waals surface area contributed by atoms with Gasteiger partial charge in [0.25, 0.3) is 11.5 Å². The topological polar surface area (TPSA) is 77.1 Å². The van der Waals surface area contributed by atoms with Crippen LogP contribution in [-0.4, -0.2) is 16.4 Å². The first-order valence-corrected chi connectivity index (χ1v) is 9.66. The van der Waals surface area contributed by atoms with E-state index in [1.54, 1.807) is 3.96 Å². The molecule has 1 aromatic heterocycles. The van der Waals surface area contributed by atoms with Gasteiger partial charge in [0.2, 0.25) is 0 Å². The van der Waals surface area contributed by atoms with E-state index in [2.05, 4.69) is 5.32 Å². The molecular formula is C20H23N3O2S. The van der Waals surface area contributed by atoms with Gasteiger partial charge in [0.05, 0.1) is 15.8 Å². The molecule has 0 aliphatic rings. The molecule has 0 aliphatic heterocycles. The van der Waals surface area contributed by atoms with Gasteiger partial charge in [0.15, 0.2) is 0 Å². The van der Waals surface area contributed by atoms with Crippen LogP contribution in [0, 0.1) is 0 Å². The summed E-state index contributed by atoms with van der Waals surface area (Å²) in [5, 5.41) is 3.64. The Labute approximate surface area is 156 Å². The van der Waals surface area contributed by atoms with Gasteiger partial charge in [0, 0.05) is 18.7 Å². The Morgan fingerprint density at radius 2 is 1.77 bits per heavy atom. The summed E-state index contributed by atoms with van der Waals surface area (Å²) in [5.74, 6) is -0.0278. The summed E-state index contributed by atoms with van der Waals surface area (Å²) in [6, 6.07) is 14.7. The monoisotopic (exact) mass is 369 g/mol. The van der Waals surface area contributed by atoms with E-state index in [1.165, 1.54) is 11.5 Å². The van der Waals surface area contributed by atoms with Crippen LogP contribution < -0.4 is 16.6 Å². The molecule has 3 N–H and O–H groups in total. The van der Waals surface area contributed by atoms with Crippen LogP contribution in [0.4, 0.5) is 5.69 Å². The summed E-state index contributed by atoms with van der Waals surface area (Å²) in [6.45, 7) is 1.39. The molecule has 0 spiro atoms. The van der Waals surface area contributed by atoms with Crippen molar-refractivity contribution in [2.75, 3.05) is 12.3 Å². The number of carbonyl (C=O) groups excluding carboxylic acids is 1. The van der Waals surface area contributed by atoms with Crippen LogP contribution in [0.1, 0.15) is 36.0 Å². The van der Waals surface area contributed by atoms with Gasteiger partial charge in [-0.25, -0.2) is 0 Å². The number of nitrogens with one attached hydrogen (secondary N) is 1. The van der Waals surface area contributed by atoms with Crippen molar-refractivity contribution in [3.8, 4) is 0 Å². The molecule has 0 atom stereocenters. The van der Waals surface area contributed by atoms with E-state index in [-0.39, 0.29) is 11.5 Å². The van der Waals surface area contributed by atoms with Gasteiger partial charge in [-0.3, -0.25) is 13.5 Å². The average molecular weight is 369 g/mol. The van der Waals surface area contributed by atoms with Crippen molar-refractivity contribution in [2.24, 2.45) is 0 Å². The van der Waals surface area contributed by atoms with Crippen LogP contribution in [0.5, 0.6) is 0 Å². The number of hydrogen-bond donors (Lipinski definition) is 2. The lowest BCUT2D eigenvalue weighted by Crippen LogP contribution is -2.24. The maximum absolute atomic E-state index is 12.3. The van der Waals surface area contributed by atoms with E-state index < -0.39 is 0 Å². The number of amides is 1. The van der Waals surface area contributed by atoms with Crippen molar-refractivity contribution in [3.05, 3.63) is 64.4 Å². The second-order valence-corrected chi connectivity index (χ2v) is 7.29. The van der Waals surface area contributed by atoms with Crippen LogP contribution in [-0.2, 0) is 6.54 Å². The predicted octanol–water partition coefficient (Wildman–Crippen LogP) is 3.64. The number of anilines is 1. The molecule has 26 heavy (non-hydrogen) atoms. The van der Waals surface area contributed by atoms with Gasteiger partial charge in [-0.2, -0.15) is 0 Å². The Morgan fingerprint density at radius 1 is 1.00 bits per heavy atom. The van der Waals surface area contributed by atoms with E-state index in [1.807, 2.05) is 48.5 Å². The van der Waals surface area contributed by atoms with Crippen LogP contribution in [0.3, 0.4) is 0 Å². The number of aromatic nitrogens is 1. The van der Waals surface area contributed by atoms with Crippen molar-refractivity contribution in [1.82, 2.24) is 9.27 Å². The highest BCUT2D eigenvalue weighted by molar-refractivity contribution is 7.14. The third-order valence-electron chi connectivity index (χ3n) is 4.31. The SMILES string of the molecule is Nc1cccc2c(=O)n(CCCCCCNC(=O)c3ccccc3)sc12. The quantitative estimate of drug-likeness (QED) is 0.470. The summed E-state index contributed by atoms with van der Waals surface area (Å²) in [5.41, 5.74) is 7.34. The summed E-state index contributed by atoms with van der Waals surface area (Å²) < 4.78 is 2.67. The van der Waals surface area contributed by atoms with E-state index in [4.69, 9.17) is 5.73 Å². The zero-order valence-corrected chi connectivity index (χ0v) is 15.4. The highest BCUT2D eigenvalue weighted by atomic mass is 32.1. The molecule has 5 nitrogen and oxygen atoms in total. The molecule has 136 valence electrons.